The van der Waals surface area contributed by atoms with Crippen LogP contribution in [0.2, 0.25) is 0 Å². The van der Waals surface area contributed by atoms with Gasteiger partial charge in [0.1, 0.15) is 0 Å². The van der Waals surface area contributed by atoms with Crippen molar-refractivity contribution in [3.63, 3.8) is 0 Å². The summed E-state index contributed by atoms with van der Waals surface area (Å²) < 4.78 is 7.74. The van der Waals surface area contributed by atoms with Gasteiger partial charge in [-0.25, -0.2) is 19.9 Å². The molecule has 2 aliphatic carbocycles. The summed E-state index contributed by atoms with van der Waals surface area (Å²) in [5.41, 5.74) is 7.26. The molecule has 0 spiro atoms. The summed E-state index contributed by atoms with van der Waals surface area (Å²) in [6, 6.07) is 18.4. The first-order valence-corrected chi connectivity index (χ1v) is 25.6. The van der Waals surface area contributed by atoms with Crippen molar-refractivity contribution in [2.45, 2.75) is 207 Å². The summed E-state index contributed by atoms with van der Waals surface area (Å²) in [5, 5.41) is 0. The van der Waals surface area contributed by atoms with Crippen LogP contribution in [0.1, 0.15) is 216 Å². The number of aromatic nitrogens is 4. The first-order valence-electron chi connectivity index (χ1n) is 25.6. The van der Waals surface area contributed by atoms with E-state index < -0.39 is 0 Å². The van der Waals surface area contributed by atoms with E-state index in [-0.39, 0.29) is 12.2 Å². The zero-order chi connectivity index (χ0) is 42.5. The van der Waals surface area contributed by atoms with Gasteiger partial charge in [0.15, 0.2) is 11.6 Å². The minimum Gasteiger partial charge on any atom is -0.365 e. The average molecular weight is 827 g/mol. The molecule has 0 saturated heterocycles. The van der Waals surface area contributed by atoms with Gasteiger partial charge in [-0.1, -0.05) is 192 Å². The molecule has 0 N–H and O–H groups in total. The third-order valence-electron chi connectivity index (χ3n) is 14.4. The molecule has 6 rings (SSSR count). The lowest BCUT2D eigenvalue weighted by Gasteiger charge is -2.40. The van der Waals surface area contributed by atoms with Crippen molar-refractivity contribution >= 4 is 0 Å². The van der Waals surface area contributed by atoms with Crippen LogP contribution in [0.15, 0.2) is 73.3 Å². The predicted octanol–water partition coefficient (Wildman–Crippen LogP) is 16.4. The van der Waals surface area contributed by atoms with Crippen molar-refractivity contribution in [1.82, 2.24) is 19.9 Å². The number of rotatable bonds is 26. The maximum Gasteiger partial charge on any atom is 0.159 e. The summed E-state index contributed by atoms with van der Waals surface area (Å²) >= 11 is 0. The second-order valence-electron chi connectivity index (χ2n) is 19.2. The Morgan fingerprint density at radius 2 is 0.770 bits per heavy atom. The predicted molar refractivity (Wildman–Crippen MR) is 256 cm³/mol. The molecule has 2 saturated carbocycles. The molecular weight excluding hydrogens is 745 g/mol. The Morgan fingerprint density at radius 3 is 1.11 bits per heavy atom. The highest BCUT2D eigenvalue weighted by Crippen LogP contribution is 2.47. The van der Waals surface area contributed by atoms with Gasteiger partial charge in [0, 0.05) is 35.9 Å². The number of nitrogens with zero attached hydrogens (tertiary/aromatic N) is 4. The van der Waals surface area contributed by atoms with Crippen LogP contribution >= 0.6 is 0 Å². The van der Waals surface area contributed by atoms with Crippen molar-refractivity contribution in [3.8, 4) is 22.8 Å². The third-order valence-corrected chi connectivity index (χ3v) is 14.4. The Balaban J connectivity index is 1.23. The fourth-order valence-corrected chi connectivity index (χ4v) is 10.4. The highest BCUT2D eigenvalue weighted by molar-refractivity contribution is 5.56. The van der Waals surface area contributed by atoms with Crippen molar-refractivity contribution in [1.29, 1.82) is 0 Å². The monoisotopic (exact) mass is 827 g/mol. The van der Waals surface area contributed by atoms with E-state index >= 15 is 0 Å². The number of unbranched alkanes of at least 4 members (excludes halogenated alkanes) is 10. The first-order chi connectivity index (χ1) is 30.1. The minimum absolute atomic E-state index is 0.0530. The lowest BCUT2D eigenvalue weighted by molar-refractivity contribution is -0.0907. The molecule has 2 fully saturated rings. The maximum absolute atomic E-state index is 7.74. The summed E-state index contributed by atoms with van der Waals surface area (Å²) in [6.07, 6.45) is 41.6. The van der Waals surface area contributed by atoms with E-state index in [0.717, 1.165) is 47.5 Å². The van der Waals surface area contributed by atoms with Crippen LogP contribution in [0.25, 0.3) is 22.8 Å². The molecule has 5 nitrogen and oxygen atoms in total. The number of aryl methyl sites for hydroxylation is 2. The largest absolute Gasteiger partial charge is 0.365 e. The lowest BCUT2D eigenvalue weighted by Crippen LogP contribution is -2.28. The van der Waals surface area contributed by atoms with Gasteiger partial charge in [0.2, 0.25) is 0 Å². The molecule has 0 radical (unpaired) electrons. The van der Waals surface area contributed by atoms with Gasteiger partial charge in [-0.05, 0) is 97.3 Å². The molecule has 2 aliphatic rings. The van der Waals surface area contributed by atoms with E-state index in [1.807, 2.05) is 24.8 Å². The quantitative estimate of drug-likeness (QED) is 0.0590. The lowest BCUT2D eigenvalue weighted by atomic mass is 9.74. The first kappa shape index (κ1) is 47.0. The van der Waals surface area contributed by atoms with E-state index in [1.54, 1.807) is 0 Å². The summed E-state index contributed by atoms with van der Waals surface area (Å²) in [7, 11) is 0. The van der Waals surface area contributed by atoms with Gasteiger partial charge < -0.3 is 4.74 Å². The van der Waals surface area contributed by atoms with Gasteiger partial charge in [0.25, 0.3) is 0 Å². The zero-order valence-corrected chi connectivity index (χ0v) is 39.0. The average Bonchev–Trinajstić information content (AvgIpc) is 3.31. The normalized spacial score (nSPS) is 20.4. The maximum atomic E-state index is 7.74. The molecule has 2 aromatic carbocycles. The highest BCUT2D eigenvalue weighted by atomic mass is 16.5. The summed E-state index contributed by atoms with van der Waals surface area (Å²) in [6.45, 7) is 9.18. The van der Waals surface area contributed by atoms with Gasteiger partial charge in [0.05, 0.1) is 12.2 Å². The molecule has 0 bridgehead atoms. The number of hydrogen-bond donors (Lipinski definition) is 0. The smallest absolute Gasteiger partial charge is 0.159 e. The molecule has 2 atom stereocenters. The second-order valence-corrected chi connectivity index (χ2v) is 19.2. The van der Waals surface area contributed by atoms with Crippen LogP contribution in [0.5, 0.6) is 0 Å². The Hall–Kier alpha value is -3.44. The molecule has 2 heterocycles. The van der Waals surface area contributed by atoms with Crippen LogP contribution in [0.3, 0.4) is 0 Å². The molecular formula is C56H82N4O. The fourth-order valence-electron chi connectivity index (χ4n) is 10.4. The van der Waals surface area contributed by atoms with E-state index in [0.29, 0.717) is 11.8 Å². The Bertz CT molecular complexity index is 1610. The van der Waals surface area contributed by atoms with Crippen molar-refractivity contribution in [2.75, 3.05) is 0 Å². The van der Waals surface area contributed by atoms with E-state index in [2.05, 4.69) is 76.2 Å². The molecule has 5 heteroatoms. The van der Waals surface area contributed by atoms with Gasteiger partial charge in [-0.15, -0.1) is 0 Å². The van der Waals surface area contributed by atoms with Crippen LogP contribution < -0.4 is 0 Å². The molecule has 2 aromatic heterocycles. The van der Waals surface area contributed by atoms with Crippen molar-refractivity contribution in [2.24, 2.45) is 23.7 Å². The van der Waals surface area contributed by atoms with Gasteiger partial charge >= 0.3 is 0 Å². The van der Waals surface area contributed by atoms with Crippen molar-refractivity contribution in [3.05, 3.63) is 95.6 Å². The van der Waals surface area contributed by atoms with Crippen LogP contribution in [-0.2, 0) is 17.6 Å². The highest BCUT2D eigenvalue weighted by Gasteiger charge is 2.36. The number of ether oxygens (including phenoxy) is 1. The Morgan fingerprint density at radius 1 is 0.426 bits per heavy atom. The standard InChI is InChI=1S/C56H82N4O/c1-5-9-13-17-21-45-39-57-55(58-40-45)51-35-31-49(32-36-51)53(47-27-23-43(24-28-47)19-15-11-7-3)61-54(48-29-25-44(26-30-48)20-16-12-8-4)50-33-37-52(38-34-50)56-59-41-46(42-60-56)22-18-14-10-6-2/h31-44,47-48,53-54H,5-30H2,1-4H3. The van der Waals surface area contributed by atoms with E-state index in [1.165, 1.54) is 176 Å². The molecule has 4 aromatic rings. The van der Waals surface area contributed by atoms with Crippen LogP contribution in [-0.4, -0.2) is 19.9 Å². The Kier molecular flexibility index (Phi) is 20.2. The molecule has 0 aliphatic heterocycles. The SMILES string of the molecule is CCCCCCc1cnc(-c2ccc(C(OC(c3ccc(-c4ncc(CCCCCC)cn4)cc3)C3CCC(CCCCC)CC3)C3CCC(CCCCC)CC3)cc2)nc1. The minimum atomic E-state index is 0.0530. The van der Waals surface area contributed by atoms with Crippen LogP contribution in [0, 0.1) is 23.7 Å². The summed E-state index contributed by atoms with van der Waals surface area (Å²) in [5.74, 6) is 4.37. The van der Waals surface area contributed by atoms with Gasteiger partial charge in [-0.2, -0.15) is 0 Å². The molecule has 61 heavy (non-hydrogen) atoms. The zero-order valence-electron chi connectivity index (χ0n) is 39.0. The number of benzene rings is 2. The van der Waals surface area contributed by atoms with E-state index in [4.69, 9.17) is 24.7 Å². The number of hydrogen-bond acceptors (Lipinski definition) is 5. The van der Waals surface area contributed by atoms with E-state index in [9.17, 15) is 0 Å². The second kappa shape index (κ2) is 26.2. The van der Waals surface area contributed by atoms with Crippen LogP contribution in [0.4, 0.5) is 0 Å². The Labute approximate surface area is 372 Å². The molecule has 0 amide bonds. The fraction of sp³-hybridized carbons (Fsp3) is 0.643. The molecule has 2 unspecified atom stereocenters. The van der Waals surface area contributed by atoms with Crippen molar-refractivity contribution < 1.29 is 4.74 Å². The topological polar surface area (TPSA) is 60.8 Å². The third kappa shape index (κ3) is 14.8. The van der Waals surface area contributed by atoms with Gasteiger partial charge in [-0.3, -0.25) is 0 Å². The molecule has 332 valence electrons. The summed E-state index contributed by atoms with van der Waals surface area (Å²) in [4.78, 5) is 19.3.